The first kappa shape index (κ1) is 14.9. The minimum atomic E-state index is -0.170. The lowest BCUT2D eigenvalue weighted by Crippen LogP contribution is -2.28. The first-order valence-electron chi connectivity index (χ1n) is 6.96. The molecule has 3 N–H and O–H groups in total. The zero-order valence-electron chi connectivity index (χ0n) is 12.1. The molecule has 1 amide bonds. The molecule has 4 nitrogen and oxygen atoms in total. The number of phenolic OH excluding ortho intramolecular Hbond substituents is 1. The minimum absolute atomic E-state index is 0.0465. The average molecular weight is 284 g/mol. The van der Waals surface area contributed by atoms with E-state index in [0.717, 1.165) is 12.8 Å². The first-order valence-corrected chi connectivity index (χ1v) is 6.96. The molecule has 0 radical (unpaired) electrons. The Hall–Kier alpha value is -2.49. The van der Waals surface area contributed by atoms with Crippen molar-refractivity contribution in [2.24, 2.45) is 0 Å². The second-order valence-corrected chi connectivity index (χ2v) is 5.09. The topological polar surface area (TPSA) is 66.6 Å². The van der Waals surface area contributed by atoms with Gasteiger partial charge in [-0.05, 0) is 36.6 Å². The molecule has 0 aliphatic rings. The van der Waals surface area contributed by atoms with E-state index in [1.807, 2.05) is 18.2 Å². The van der Waals surface area contributed by atoms with E-state index in [2.05, 4.69) is 12.1 Å². The standard InChI is InChI=1S/C17H20N2O2/c1-19(11-5-8-13-6-3-2-4-7-13)17(21)15-12-14(20)9-10-16(15)18/h2-4,6-7,9-10,12,20H,5,8,11,18H2,1H3. The molecule has 2 rings (SSSR count). The van der Waals surface area contributed by atoms with Crippen molar-refractivity contribution >= 4 is 11.6 Å². The maximum Gasteiger partial charge on any atom is 0.255 e. The third kappa shape index (κ3) is 3.99. The fourth-order valence-electron chi connectivity index (χ4n) is 2.20. The number of carbonyl (C=O) groups is 1. The predicted octanol–water partition coefficient (Wildman–Crippen LogP) is 2.68. The number of aromatic hydroxyl groups is 1. The summed E-state index contributed by atoms with van der Waals surface area (Å²) in [5, 5.41) is 9.47. The van der Waals surface area contributed by atoms with E-state index in [1.165, 1.54) is 17.7 Å². The summed E-state index contributed by atoms with van der Waals surface area (Å²) in [4.78, 5) is 13.9. The number of nitrogens with two attached hydrogens (primary N) is 1. The summed E-state index contributed by atoms with van der Waals surface area (Å²) in [6.07, 6.45) is 1.80. The van der Waals surface area contributed by atoms with Crippen molar-refractivity contribution in [2.75, 3.05) is 19.3 Å². The summed E-state index contributed by atoms with van der Waals surface area (Å²) in [5.74, 6) is -0.123. The third-order valence-electron chi connectivity index (χ3n) is 3.42. The molecule has 2 aromatic rings. The number of aryl methyl sites for hydroxylation is 1. The van der Waals surface area contributed by atoms with Crippen LogP contribution in [0.5, 0.6) is 5.75 Å². The normalized spacial score (nSPS) is 10.3. The van der Waals surface area contributed by atoms with Gasteiger partial charge in [0.05, 0.1) is 5.56 Å². The molecule has 0 spiro atoms. The number of nitrogens with zero attached hydrogens (tertiary/aromatic N) is 1. The van der Waals surface area contributed by atoms with Crippen LogP contribution in [0.3, 0.4) is 0 Å². The lowest BCUT2D eigenvalue weighted by Gasteiger charge is -2.18. The van der Waals surface area contributed by atoms with Crippen molar-refractivity contribution in [3.63, 3.8) is 0 Å². The van der Waals surface area contributed by atoms with Gasteiger partial charge in [0.25, 0.3) is 5.91 Å². The molecule has 0 bridgehead atoms. The van der Waals surface area contributed by atoms with Gasteiger partial charge >= 0.3 is 0 Å². The van der Waals surface area contributed by atoms with Crippen LogP contribution in [0.25, 0.3) is 0 Å². The van der Waals surface area contributed by atoms with Crippen LogP contribution in [-0.4, -0.2) is 29.5 Å². The molecule has 21 heavy (non-hydrogen) atoms. The molecule has 0 aliphatic heterocycles. The van der Waals surface area contributed by atoms with Crippen LogP contribution in [0.1, 0.15) is 22.3 Å². The number of hydrogen-bond acceptors (Lipinski definition) is 3. The van der Waals surface area contributed by atoms with E-state index < -0.39 is 0 Å². The highest BCUT2D eigenvalue weighted by atomic mass is 16.3. The quantitative estimate of drug-likeness (QED) is 0.655. The summed E-state index contributed by atoms with van der Waals surface area (Å²) in [6.45, 7) is 0.642. The number of amides is 1. The number of benzene rings is 2. The zero-order chi connectivity index (χ0) is 15.2. The number of anilines is 1. The largest absolute Gasteiger partial charge is 0.508 e. The summed E-state index contributed by atoms with van der Waals surface area (Å²) >= 11 is 0. The average Bonchev–Trinajstić information content (AvgIpc) is 2.50. The third-order valence-corrected chi connectivity index (χ3v) is 3.42. The van der Waals surface area contributed by atoms with Gasteiger partial charge in [0, 0.05) is 19.3 Å². The van der Waals surface area contributed by atoms with Crippen molar-refractivity contribution < 1.29 is 9.90 Å². The van der Waals surface area contributed by atoms with E-state index in [1.54, 1.807) is 18.0 Å². The minimum Gasteiger partial charge on any atom is -0.508 e. The number of nitrogen functional groups attached to an aromatic ring is 1. The smallest absolute Gasteiger partial charge is 0.255 e. The summed E-state index contributed by atoms with van der Waals surface area (Å²) < 4.78 is 0. The molecule has 0 heterocycles. The molecule has 4 heteroatoms. The fourth-order valence-corrected chi connectivity index (χ4v) is 2.20. The highest BCUT2D eigenvalue weighted by Crippen LogP contribution is 2.20. The molecule has 0 fully saturated rings. The highest BCUT2D eigenvalue weighted by Gasteiger charge is 2.15. The fraction of sp³-hybridized carbons (Fsp3) is 0.235. The second-order valence-electron chi connectivity index (χ2n) is 5.09. The first-order chi connectivity index (χ1) is 10.1. The molecule has 2 aromatic carbocycles. The van der Waals surface area contributed by atoms with Crippen LogP contribution in [-0.2, 0) is 6.42 Å². The number of carbonyl (C=O) groups excluding carboxylic acids is 1. The molecule has 0 aliphatic carbocycles. The van der Waals surface area contributed by atoms with Crippen LogP contribution >= 0.6 is 0 Å². The van der Waals surface area contributed by atoms with Crippen LogP contribution < -0.4 is 5.73 Å². The van der Waals surface area contributed by atoms with Crippen LogP contribution in [0.4, 0.5) is 5.69 Å². The van der Waals surface area contributed by atoms with Crippen LogP contribution in [0.15, 0.2) is 48.5 Å². The monoisotopic (exact) mass is 284 g/mol. The van der Waals surface area contributed by atoms with Gasteiger partial charge < -0.3 is 15.7 Å². The van der Waals surface area contributed by atoms with Gasteiger partial charge in [-0.1, -0.05) is 30.3 Å². The Morgan fingerprint density at radius 2 is 1.90 bits per heavy atom. The zero-order valence-corrected chi connectivity index (χ0v) is 12.1. The van der Waals surface area contributed by atoms with E-state index in [4.69, 9.17) is 5.73 Å². The van der Waals surface area contributed by atoms with Crippen molar-refractivity contribution in [2.45, 2.75) is 12.8 Å². The van der Waals surface area contributed by atoms with Gasteiger partial charge in [-0.15, -0.1) is 0 Å². The second kappa shape index (κ2) is 6.79. The van der Waals surface area contributed by atoms with Crippen molar-refractivity contribution in [3.8, 4) is 5.75 Å². The van der Waals surface area contributed by atoms with Gasteiger partial charge in [-0.3, -0.25) is 4.79 Å². The number of hydrogen-bond donors (Lipinski definition) is 2. The van der Waals surface area contributed by atoms with Gasteiger partial charge in [0.15, 0.2) is 0 Å². The predicted molar refractivity (Wildman–Crippen MR) is 84.2 cm³/mol. The highest BCUT2D eigenvalue weighted by molar-refractivity contribution is 5.99. The lowest BCUT2D eigenvalue weighted by molar-refractivity contribution is 0.0794. The molecule has 0 saturated heterocycles. The number of phenols is 1. The lowest BCUT2D eigenvalue weighted by atomic mass is 10.1. The van der Waals surface area contributed by atoms with E-state index in [9.17, 15) is 9.90 Å². The van der Waals surface area contributed by atoms with E-state index in [0.29, 0.717) is 17.8 Å². The van der Waals surface area contributed by atoms with E-state index >= 15 is 0 Å². The van der Waals surface area contributed by atoms with Gasteiger partial charge in [0.1, 0.15) is 5.75 Å². The Balaban J connectivity index is 1.92. The molecule has 0 aromatic heterocycles. The van der Waals surface area contributed by atoms with Crippen LogP contribution in [0, 0.1) is 0 Å². The van der Waals surface area contributed by atoms with Gasteiger partial charge in [-0.2, -0.15) is 0 Å². The Labute approximate surface area is 124 Å². The van der Waals surface area contributed by atoms with Crippen molar-refractivity contribution in [3.05, 3.63) is 59.7 Å². The Morgan fingerprint density at radius 3 is 2.62 bits per heavy atom. The summed E-state index contributed by atoms with van der Waals surface area (Å²) in [5.41, 5.74) is 7.78. The Bertz CT molecular complexity index is 611. The van der Waals surface area contributed by atoms with Crippen molar-refractivity contribution in [1.82, 2.24) is 4.90 Å². The maximum absolute atomic E-state index is 12.3. The van der Waals surface area contributed by atoms with Gasteiger partial charge in [-0.25, -0.2) is 0 Å². The Morgan fingerprint density at radius 1 is 1.19 bits per heavy atom. The number of rotatable bonds is 5. The molecular formula is C17H20N2O2. The SMILES string of the molecule is CN(CCCc1ccccc1)C(=O)c1cc(O)ccc1N. The molecule has 110 valence electrons. The van der Waals surface area contributed by atoms with Crippen molar-refractivity contribution in [1.29, 1.82) is 0 Å². The molecular weight excluding hydrogens is 264 g/mol. The summed E-state index contributed by atoms with van der Waals surface area (Å²) in [6, 6.07) is 14.6. The molecule has 0 saturated carbocycles. The van der Waals surface area contributed by atoms with Gasteiger partial charge in [0.2, 0.25) is 0 Å². The molecule has 0 unspecified atom stereocenters. The van der Waals surface area contributed by atoms with E-state index in [-0.39, 0.29) is 11.7 Å². The summed E-state index contributed by atoms with van der Waals surface area (Å²) in [7, 11) is 1.75. The van der Waals surface area contributed by atoms with Crippen LogP contribution in [0.2, 0.25) is 0 Å². The molecule has 0 atom stereocenters. The maximum atomic E-state index is 12.3. The Kier molecular flexibility index (Phi) is 4.82.